The highest BCUT2D eigenvalue weighted by Gasteiger charge is 2.31. The lowest BCUT2D eigenvalue weighted by molar-refractivity contribution is -0.133. The average Bonchev–Trinajstić information content (AvgIpc) is 3.85. The van der Waals surface area contributed by atoms with Gasteiger partial charge in [0.25, 0.3) is 5.91 Å². The Bertz CT molecular complexity index is 2020. The first-order valence-corrected chi connectivity index (χ1v) is 19.3. The first kappa shape index (κ1) is 37.9. The molecule has 4 amide bonds. The highest BCUT2D eigenvalue weighted by atomic mass is 19.1. The smallest absolute Gasteiger partial charge is 0.256 e. The fourth-order valence-corrected chi connectivity index (χ4v) is 7.85. The molecule has 0 radical (unpaired) electrons. The molecule has 4 N–H and O–H groups in total. The Morgan fingerprint density at radius 3 is 2.51 bits per heavy atom. The minimum atomic E-state index is -0.491. The number of benzene rings is 2. The van der Waals surface area contributed by atoms with E-state index >= 15 is 0 Å². The highest BCUT2D eigenvalue weighted by Crippen LogP contribution is 2.37. The number of halogens is 2. The van der Waals surface area contributed by atoms with Gasteiger partial charge in [0.1, 0.15) is 29.1 Å². The van der Waals surface area contributed by atoms with Crippen LogP contribution >= 0.6 is 0 Å². The zero-order chi connectivity index (χ0) is 38.3. The number of hydrogen-bond acceptors (Lipinski definition) is 9. The molecule has 2 aromatic heterocycles. The summed E-state index contributed by atoms with van der Waals surface area (Å²) >= 11 is 0. The number of fused-ring (bicyclic) bond motifs is 1. The van der Waals surface area contributed by atoms with Crippen molar-refractivity contribution in [3.05, 3.63) is 89.2 Å². The van der Waals surface area contributed by atoms with E-state index in [-0.39, 0.29) is 29.7 Å². The quantitative estimate of drug-likeness (QED) is 0.108. The van der Waals surface area contributed by atoms with Crippen molar-refractivity contribution >= 4 is 40.8 Å². The Kier molecular flexibility index (Phi) is 11.9. The van der Waals surface area contributed by atoms with Crippen LogP contribution in [0, 0.1) is 11.6 Å². The van der Waals surface area contributed by atoms with E-state index in [9.17, 15) is 28.0 Å². The maximum atomic E-state index is 14.6. The topological polar surface area (TPSA) is 153 Å². The van der Waals surface area contributed by atoms with Crippen LogP contribution in [-0.4, -0.2) is 88.4 Å². The van der Waals surface area contributed by atoms with E-state index in [2.05, 4.69) is 43.4 Å². The van der Waals surface area contributed by atoms with Gasteiger partial charge in [0.05, 0.1) is 12.2 Å². The zero-order valence-corrected chi connectivity index (χ0v) is 30.7. The Morgan fingerprint density at radius 1 is 0.909 bits per heavy atom. The summed E-state index contributed by atoms with van der Waals surface area (Å²) in [4.78, 5) is 58.1. The lowest BCUT2D eigenvalue weighted by Gasteiger charge is -2.32. The fraction of sp³-hybridized carbons (Fsp3) is 0.450. The van der Waals surface area contributed by atoms with Crippen LogP contribution < -0.4 is 26.2 Å². The molecule has 0 bridgehead atoms. The molecule has 4 aromatic rings. The Hall–Kier alpha value is -5.44. The largest absolute Gasteiger partial charge is 0.374 e. The van der Waals surface area contributed by atoms with Crippen molar-refractivity contribution in [1.29, 1.82) is 0 Å². The van der Waals surface area contributed by atoms with E-state index in [4.69, 9.17) is 4.98 Å². The molecule has 13 nitrogen and oxygen atoms in total. The number of imide groups is 1. The van der Waals surface area contributed by atoms with Gasteiger partial charge in [0.15, 0.2) is 5.65 Å². The van der Waals surface area contributed by atoms with Crippen molar-refractivity contribution in [2.24, 2.45) is 0 Å². The number of rotatable bonds is 14. The number of carbonyl (C=O) groups excluding carboxylic acids is 4. The van der Waals surface area contributed by atoms with Crippen LogP contribution in [0.2, 0.25) is 0 Å². The number of amides is 4. The Balaban J connectivity index is 0.785. The molecule has 1 unspecified atom stereocenters. The number of likely N-dealkylation sites (tertiary alicyclic amines) is 1. The van der Waals surface area contributed by atoms with Crippen molar-refractivity contribution in [2.45, 2.75) is 75.8 Å². The van der Waals surface area contributed by atoms with E-state index < -0.39 is 17.7 Å². The molecule has 3 saturated heterocycles. The normalized spacial score (nSPS) is 19.4. The first-order valence-electron chi connectivity index (χ1n) is 19.3. The predicted molar refractivity (Wildman–Crippen MR) is 203 cm³/mol. The van der Waals surface area contributed by atoms with Gasteiger partial charge < -0.3 is 25.8 Å². The van der Waals surface area contributed by atoms with Crippen molar-refractivity contribution < 1.29 is 28.0 Å². The molecule has 2 atom stereocenters. The maximum absolute atomic E-state index is 14.6. The number of piperidine rings is 2. The van der Waals surface area contributed by atoms with E-state index in [1.807, 2.05) is 17.0 Å². The summed E-state index contributed by atoms with van der Waals surface area (Å²) in [5, 5.41) is 15.7. The monoisotopic (exact) mass is 755 g/mol. The van der Waals surface area contributed by atoms with Gasteiger partial charge in [-0.25, -0.2) is 18.3 Å². The summed E-state index contributed by atoms with van der Waals surface area (Å²) in [5.41, 5.74) is 3.11. The maximum Gasteiger partial charge on any atom is 0.256 e. The minimum Gasteiger partial charge on any atom is -0.374 e. The van der Waals surface area contributed by atoms with Crippen molar-refractivity contribution in [3.63, 3.8) is 0 Å². The molecule has 290 valence electrons. The molecule has 0 saturated carbocycles. The second-order valence-corrected chi connectivity index (χ2v) is 14.6. The van der Waals surface area contributed by atoms with Gasteiger partial charge in [0, 0.05) is 49.9 Å². The van der Waals surface area contributed by atoms with Crippen LogP contribution in [0.3, 0.4) is 0 Å². The number of nitrogens with zero attached hydrogens (tertiary/aromatic N) is 5. The first-order chi connectivity index (χ1) is 26.7. The lowest BCUT2D eigenvalue weighted by atomic mass is 9.89. The number of hydrogen-bond donors (Lipinski definition) is 4. The third-order valence-corrected chi connectivity index (χ3v) is 10.9. The summed E-state index contributed by atoms with van der Waals surface area (Å²) in [6.07, 6.45) is 9.31. The van der Waals surface area contributed by atoms with Crippen LogP contribution in [-0.2, 0) is 14.4 Å². The summed E-state index contributed by atoms with van der Waals surface area (Å²) < 4.78 is 30.1. The molecule has 5 heterocycles. The molecule has 0 spiro atoms. The van der Waals surface area contributed by atoms with E-state index in [1.54, 1.807) is 12.3 Å². The van der Waals surface area contributed by atoms with Gasteiger partial charge in [-0.05, 0) is 112 Å². The number of aromatic nitrogens is 3. The minimum absolute atomic E-state index is 0.00934. The zero-order valence-electron chi connectivity index (χ0n) is 30.7. The predicted octanol–water partition coefficient (Wildman–Crippen LogP) is 4.46. The van der Waals surface area contributed by atoms with Crippen LogP contribution in [0.15, 0.2) is 60.9 Å². The van der Waals surface area contributed by atoms with Crippen LogP contribution in [0.25, 0.3) is 5.65 Å². The number of anilines is 2. The summed E-state index contributed by atoms with van der Waals surface area (Å²) in [7, 11) is 0. The van der Waals surface area contributed by atoms with Gasteiger partial charge in [-0.3, -0.25) is 24.5 Å². The molecule has 7 rings (SSSR count). The molecular weight excluding hydrogens is 708 g/mol. The van der Waals surface area contributed by atoms with Crippen LogP contribution in [0.1, 0.15) is 91.2 Å². The SMILES string of the molecule is O=C(CCCN1CCC(c2ccc(NC3CCC(=O)NC3=O)cc2)CC1)NCCCNC(=O)c1cnn2ccc(N3CCC[C@@H]3c3cc(F)ccc3F)nc12. The van der Waals surface area contributed by atoms with Gasteiger partial charge in [-0.15, -0.1) is 0 Å². The van der Waals surface area contributed by atoms with Gasteiger partial charge in [-0.2, -0.15) is 5.10 Å². The van der Waals surface area contributed by atoms with E-state index in [0.717, 1.165) is 63.1 Å². The van der Waals surface area contributed by atoms with Crippen molar-refractivity contribution in [3.8, 4) is 0 Å². The summed E-state index contributed by atoms with van der Waals surface area (Å²) in [6, 6.07) is 12.7. The Morgan fingerprint density at radius 2 is 1.71 bits per heavy atom. The summed E-state index contributed by atoms with van der Waals surface area (Å²) in [5.74, 6) is -0.766. The molecule has 3 fully saturated rings. The molecule has 15 heteroatoms. The molecular formula is C40H47F2N9O4. The second kappa shape index (κ2) is 17.4. The number of nitrogens with one attached hydrogen (secondary N) is 4. The average molecular weight is 756 g/mol. The molecule has 2 aromatic carbocycles. The number of carbonyl (C=O) groups is 4. The second-order valence-electron chi connectivity index (χ2n) is 14.6. The van der Waals surface area contributed by atoms with Crippen molar-refractivity contribution in [2.75, 3.05) is 49.5 Å². The molecule has 55 heavy (non-hydrogen) atoms. The summed E-state index contributed by atoms with van der Waals surface area (Å²) in [6.45, 7) is 4.23. The lowest BCUT2D eigenvalue weighted by Crippen LogP contribution is -2.47. The van der Waals surface area contributed by atoms with Crippen molar-refractivity contribution in [1.82, 2.24) is 35.4 Å². The standard InChI is InChI=1S/C40H47F2N9O4/c41-28-8-11-32(42)30(24-28)34-4-1-20-50(34)35-16-23-51-38(47-35)31(25-45-51)39(54)44-18-3-17-43-36(52)5-2-19-49-21-14-27(15-22-49)26-6-9-29(10-7-26)46-33-12-13-37(53)48-40(33)55/h6-11,16,23-25,27,33-34,46H,1-5,12-15,17-22H2,(H,43,52)(H,44,54)(H,48,53,55)/t33?,34-/m1/s1. The van der Waals surface area contributed by atoms with E-state index in [1.165, 1.54) is 22.3 Å². The van der Waals surface area contributed by atoms with Gasteiger partial charge in [0.2, 0.25) is 17.7 Å². The van der Waals surface area contributed by atoms with Crippen LogP contribution in [0.4, 0.5) is 20.3 Å². The fourth-order valence-electron chi connectivity index (χ4n) is 7.85. The third kappa shape index (κ3) is 9.27. The highest BCUT2D eigenvalue weighted by molar-refractivity contribution is 6.01. The Labute approximate surface area is 318 Å². The van der Waals surface area contributed by atoms with Gasteiger partial charge >= 0.3 is 0 Å². The van der Waals surface area contributed by atoms with E-state index in [0.29, 0.717) is 80.2 Å². The van der Waals surface area contributed by atoms with Gasteiger partial charge in [-0.1, -0.05) is 12.1 Å². The molecule has 0 aliphatic carbocycles. The van der Waals surface area contributed by atoms with Crippen LogP contribution in [0.5, 0.6) is 0 Å². The third-order valence-electron chi connectivity index (χ3n) is 10.9. The molecule has 3 aliphatic heterocycles. The molecule has 3 aliphatic rings.